The number of hydrogen-bond acceptors (Lipinski definition) is 18. The van der Waals surface area contributed by atoms with Crippen LogP contribution in [-0.2, 0) is 57.2 Å². The van der Waals surface area contributed by atoms with Crippen molar-refractivity contribution in [1.82, 2.24) is 4.90 Å². The van der Waals surface area contributed by atoms with Crippen LogP contribution >= 0.6 is 0 Å². The van der Waals surface area contributed by atoms with Crippen LogP contribution in [0.1, 0.15) is 59.2 Å². The van der Waals surface area contributed by atoms with Crippen molar-refractivity contribution in [2.75, 3.05) is 46.4 Å². The molecule has 270 valence electrons. The molecule has 0 saturated carbocycles. The van der Waals surface area contributed by atoms with Crippen LogP contribution in [0.5, 0.6) is 0 Å². The molecule has 19 nitrogen and oxygen atoms in total. The van der Waals surface area contributed by atoms with Crippen LogP contribution in [0, 0.1) is 0 Å². The van der Waals surface area contributed by atoms with Crippen LogP contribution in [0.2, 0.25) is 0 Å². The van der Waals surface area contributed by atoms with Crippen molar-refractivity contribution in [3.8, 4) is 0 Å². The zero-order chi connectivity index (χ0) is 36.3. The van der Waals surface area contributed by atoms with Crippen molar-refractivity contribution in [1.29, 1.82) is 0 Å². The van der Waals surface area contributed by atoms with E-state index in [-0.39, 0.29) is 11.1 Å². The molecule has 0 aliphatic carbocycles. The second-order valence-electron chi connectivity index (χ2n) is 10.2. The molecule has 1 aromatic carbocycles. The van der Waals surface area contributed by atoms with Gasteiger partial charge in [-0.2, -0.15) is 0 Å². The molecule has 0 unspecified atom stereocenters. The summed E-state index contributed by atoms with van der Waals surface area (Å²) >= 11 is 0. The first-order valence-electron chi connectivity index (χ1n) is 14.9. The number of hydrogen-bond donors (Lipinski definition) is 4. The lowest BCUT2D eigenvalue weighted by molar-refractivity contribution is -0.169. The predicted octanol–water partition coefficient (Wildman–Crippen LogP) is -2.09. The van der Waals surface area contributed by atoms with Crippen molar-refractivity contribution >= 4 is 47.6 Å². The number of nitrogens with zero attached hydrogens (tertiary/aromatic N) is 1. The number of ether oxygens (including phenoxy) is 6. The van der Waals surface area contributed by atoms with E-state index in [1.165, 1.54) is 12.1 Å². The number of carbonyl (C=O) groups excluding carboxylic acids is 8. The number of rotatable bonds is 22. The third-order valence-electron chi connectivity index (χ3n) is 6.40. The average molecular weight is 700 g/mol. The number of carbonyl (C=O) groups is 8. The first kappa shape index (κ1) is 40.2. The van der Waals surface area contributed by atoms with E-state index in [0.717, 1.165) is 0 Å². The monoisotopic (exact) mass is 699 g/mol. The van der Waals surface area contributed by atoms with E-state index in [4.69, 9.17) is 48.8 Å². The quantitative estimate of drug-likeness (QED) is 0.0574. The van der Waals surface area contributed by atoms with Crippen molar-refractivity contribution < 1.29 is 87.2 Å². The van der Waals surface area contributed by atoms with Gasteiger partial charge in [0.05, 0.1) is 76.1 Å². The van der Waals surface area contributed by atoms with Gasteiger partial charge >= 0.3 is 35.8 Å². The standard InChI is InChI=1S/C30H37NO18/c32-11-18(12-33)47-26(39)8-5-23(36)44-15-20(16-45-24(37)6-9-27(40)48-19(13-34)14-35)49-28(41)10-7-25(38)46-17-31-29(42)21-3-1-2-4-22(21)30(31)43/h1-4,18-20,32-35H,5-17H2. The summed E-state index contributed by atoms with van der Waals surface area (Å²) in [5.41, 5.74) is 0.294. The normalized spacial score (nSPS) is 12.2. The summed E-state index contributed by atoms with van der Waals surface area (Å²) in [5.74, 6) is -7.07. The minimum atomic E-state index is -1.42. The Labute approximate surface area is 278 Å². The molecule has 0 saturated heterocycles. The Morgan fingerprint density at radius 2 is 0.837 bits per heavy atom. The van der Waals surface area contributed by atoms with Crippen LogP contribution in [0.25, 0.3) is 0 Å². The Hall–Kier alpha value is -4.98. The maximum Gasteiger partial charge on any atom is 0.308 e. The maximum atomic E-state index is 12.5. The Bertz CT molecular complexity index is 1260. The molecule has 2 amide bonds. The Balaban J connectivity index is 1.87. The predicted molar refractivity (Wildman–Crippen MR) is 156 cm³/mol. The van der Waals surface area contributed by atoms with E-state index in [0.29, 0.717) is 4.90 Å². The van der Waals surface area contributed by atoms with E-state index in [9.17, 15) is 38.4 Å². The topological polar surface area (TPSA) is 276 Å². The lowest BCUT2D eigenvalue weighted by Gasteiger charge is -2.18. The molecular weight excluding hydrogens is 662 g/mol. The smallest absolute Gasteiger partial charge is 0.308 e. The van der Waals surface area contributed by atoms with E-state index >= 15 is 0 Å². The number of imide groups is 1. The lowest BCUT2D eigenvalue weighted by atomic mass is 10.1. The summed E-state index contributed by atoms with van der Waals surface area (Å²) in [7, 11) is 0. The summed E-state index contributed by atoms with van der Waals surface area (Å²) in [5, 5.41) is 35.9. The SMILES string of the molecule is O=C(CCC(=O)OC(CO)CO)OCC(COC(=O)CCC(=O)OC(CO)CO)OC(=O)CCC(=O)OCN1C(=O)c2ccccc2C1=O. The van der Waals surface area contributed by atoms with Gasteiger partial charge in [0.25, 0.3) is 11.8 Å². The maximum absolute atomic E-state index is 12.5. The molecule has 0 fully saturated rings. The van der Waals surface area contributed by atoms with Crippen LogP contribution < -0.4 is 0 Å². The Morgan fingerprint density at radius 3 is 1.20 bits per heavy atom. The second-order valence-corrected chi connectivity index (χ2v) is 10.2. The van der Waals surface area contributed by atoms with E-state index in [1.54, 1.807) is 12.1 Å². The van der Waals surface area contributed by atoms with Gasteiger partial charge in [0, 0.05) is 0 Å². The molecule has 1 aliphatic rings. The number of aliphatic hydroxyl groups excluding tert-OH is 4. The highest BCUT2D eigenvalue weighted by Gasteiger charge is 2.35. The van der Waals surface area contributed by atoms with Gasteiger partial charge in [0.2, 0.25) is 0 Å². The molecule has 0 radical (unpaired) electrons. The van der Waals surface area contributed by atoms with Crippen molar-refractivity contribution in [2.24, 2.45) is 0 Å². The fraction of sp³-hybridized carbons (Fsp3) is 0.533. The largest absolute Gasteiger partial charge is 0.462 e. The first-order chi connectivity index (χ1) is 23.4. The zero-order valence-electron chi connectivity index (χ0n) is 26.2. The van der Waals surface area contributed by atoms with Gasteiger partial charge in [-0.05, 0) is 12.1 Å². The highest BCUT2D eigenvalue weighted by Crippen LogP contribution is 2.22. The first-order valence-corrected chi connectivity index (χ1v) is 14.9. The number of esters is 6. The third-order valence-corrected chi connectivity index (χ3v) is 6.40. The second kappa shape index (κ2) is 21.1. The Kier molecular flexibility index (Phi) is 17.3. The van der Waals surface area contributed by atoms with Gasteiger partial charge in [0.1, 0.15) is 25.4 Å². The summed E-state index contributed by atoms with van der Waals surface area (Å²) in [6.45, 7) is -4.62. The van der Waals surface area contributed by atoms with E-state index < -0.39 is 151 Å². The third kappa shape index (κ3) is 14.0. The summed E-state index contributed by atoms with van der Waals surface area (Å²) in [6, 6.07) is 6.02. The van der Waals surface area contributed by atoms with Crippen LogP contribution in [-0.4, -0.2) is 138 Å². The van der Waals surface area contributed by atoms with Gasteiger partial charge in [-0.1, -0.05) is 12.1 Å². The van der Waals surface area contributed by atoms with Crippen LogP contribution in [0.4, 0.5) is 0 Å². The Morgan fingerprint density at radius 1 is 0.510 bits per heavy atom. The molecule has 0 bridgehead atoms. The van der Waals surface area contributed by atoms with Crippen molar-refractivity contribution in [2.45, 2.75) is 56.8 Å². The van der Waals surface area contributed by atoms with Gasteiger partial charge in [-0.15, -0.1) is 0 Å². The summed E-state index contributed by atoms with van der Waals surface area (Å²) in [4.78, 5) is 98.0. The molecule has 49 heavy (non-hydrogen) atoms. The fourth-order valence-corrected chi connectivity index (χ4v) is 3.81. The average Bonchev–Trinajstić information content (AvgIpc) is 3.34. The molecule has 0 spiro atoms. The lowest BCUT2D eigenvalue weighted by Crippen LogP contribution is -2.33. The molecule has 4 N–H and O–H groups in total. The van der Waals surface area contributed by atoms with Crippen molar-refractivity contribution in [3.63, 3.8) is 0 Å². The van der Waals surface area contributed by atoms with Gasteiger partial charge in [0.15, 0.2) is 12.8 Å². The molecule has 1 aliphatic heterocycles. The fourth-order valence-electron chi connectivity index (χ4n) is 3.81. The van der Waals surface area contributed by atoms with E-state index in [2.05, 4.69) is 0 Å². The minimum absolute atomic E-state index is 0.147. The number of amides is 2. The highest BCUT2D eigenvalue weighted by atomic mass is 16.6. The van der Waals surface area contributed by atoms with Crippen LogP contribution in [0.3, 0.4) is 0 Å². The van der Waals surface area contributed by atoms with E-state index in [1.807, 2.05) is 0 Å². The molecule has 1 heterocycles. The molecular formula is C30H37NO18. The van der Waals surface area contributed by atoms with Gasteiger partial charge in [-0.3, -0.25) is 38.4 Å². The van der Waals surface area contributed by atoms with Crippen molar-refractivity contribution in [3.05, 3.63) is 35.4 Å². The van der Waals surface area contributed by atoms with Crippen LogP contribution in [0.15, 0.2) is 24.3 Å². The summed E-state index contributed by atoms with van der Waals surface area (Å²) in [6.07, 6.45) is -6.88. The summed E-state index contributed by atoms with van der Waals surface area (Å²) < 4.78 is 29.5. The number of fused-ring (bicyclic) bond motifs is 1. The molecule has 19 heteroatoms. The molecule has 2 rings (SSSR count). The number of benzene rings is 1. The molecule has 0 atom stereocenters. The highest BCUT2D eigenvalue weighted by molar-refractivity contribution is 6.21. The molecule has 0 aromatic heterocycles. The zero-order valence-corrected chi connectivity index (χ0v) is 26.2. The van der Waals surface area contributed by atoms with Gasteiger partial charge < -0.3 is 48.8 Å². The van der Waals surface area contributed by atoms with Gasteiger partial charge in [-0.25, -0.2) is 4.90 Å². The molecule has 1 aromatic rings. The number of aliphatic hydroxyl groups is 4. The minimum Gasteiger partial charge on any atom is -0.462 e.